The van der Waals surface area contributed by atoms with E-state index in [-0.39, 0.29) is 12.3 Å². The molecule has 0 fully saturated rings. The van der Waals surface area contributed by atoms with Gasteiger partial charge >= 0.3 is 5.97 Å². The molecule has 1 heterocycles. The second-order valence-corrected chi connectivity index (χ2v) is 7.14. The molecular formula is C17H19FN2O3S. The molecule has 0 aliphatic heterocycles. The number of hydrogen-bond acceptors (Lipinski definition) is 4. The molecule has 2 N–H and O–H groups in total. The maximum Gasteiger partial charge on any atom is 0.305 e. The lowest BCUT2D eigenvalue weighted by atomic mass is 9.85. The van der Waals surface area contributed by atoms with Gasteiger partial charge in [0.2, 0.25) is 0 Å². The van der Waals surface area contributed by atoms with Gasteiger partial charge in [0.05, 0.1) is 18.2 Å². The minimum absolute atomic E-state index is 0.0727. The standard InChI is InChI=1S/C17H19FN2O3S/c1-10(2)17(3,8-14(21)22)20-15(23)13-9-19-16(24-13)11-6-4-5-7-12(11)18/h4-7,9-10H,8H2,1-3H3,(H,20,23)(H,21,22). The molecule has 1 atom stereocenters. The van der Waals surface area contributed by atoms with Crippen molar-refractivity contribution in [2.24, 2.45) is 5.92 Å². The van der Waals surface area contributed by atoms with E-state index in [2.05, 4.69) is 10.3 Å². The fraction of sp³-hybridized carbons (Fsp3) is 0.353. The third kappa shape index (κ3) is 3.97. The second-order valence-electron chi connectivity index (χ2n) is 6.11. The molecule has 0 saturated heterocycles. The molecule has 1 aromatic carbocycles. The van der Waals surface area contributed by atoms with Gasteiger partial charge in [0.15, 0.2) is 0 Å². The Balaban J connectivity index is 2.22. The lowest BCUT2D eigenvalue weighted by Crippen LogP contribution is -2.51. The Kier molecular flexibility index (Phi) is 5.33. The summed E-state index contributed by atoms with van der Waals surface area (Å²) >= 11 is 1.07. The summed E-state index contributed by atoms with van der Waals surface area (Å²) in [6, 6.07) is 6.21. The number of aliphatic carboxylic acids is 1. The Morgan fingerprint density at radius 1 is 1.38 bits per heavy atom. The van der Waals surface area contributed by atoms with Crippen molar-refractivity contribution in [1.82, 2.24) is 10.3 Å². The van der Waals surface area contributed by atoms with Crippen LogP contribution in [-0.4, -0.2) is 27.5 Å². The van der Waals surface area contributed by atoms with E-state index < -0.39 is 23.2 Å². The van der Waals surface area contributed by atoms with Gasteiger partial charge in [-0.15, -0.1) is 11.3 Å². The van der Waals surface area contributed by atoms with Gasteiger partial charge in [-0.05, 0) is 25.0 Å². The van der Waals surface area contributed by atoms with E-state index >= 15 is 0 Å². The molecule has 0 bridgehead atoms. The van der Waals surface area contributed by atoms with Gasteiger partial charge < -0.3 is 10.4 Å². The summed E-state index contributed by atoms with van der Waals surface area (Å²) in [6.07, 6.45) is 1.19. The first-order valence-corrected chi connectivity index (χ1v) is 8.29. The normalized spacial score (nSPS) is 13.5. The number of nitrogens with zero attached hydrogens (tertiary/aromatic N) is 1. The third-order valence-electron chi connectivity index (χ3n) is 4.03. The van der Waals surface area contributed by atoms with E-state index in [0.717, 1.165) is 11.3 Å². The number of hydrogen-bond donors (Lipinski definition) is 2. The number of carbonyl (C=O) groups excluding carboxylic acids is 1. The molecule has 0 aliphatic rings. The minimum Gasteiger partial charge on any atom is -0.481 e. The fourth-order valence-corrected chi connectivity index (χ4v) is 3.00. The van der Waals surface area contributed by atoms with Crippen molar-refractivity contribution in [3.05, 3.63) is 41.2 Å². The number of rotatable bonds is 6. The van der Waals surface area contributed by atoms with Crippen LogP contribution in [0.25, 0.3) is 10.6 Å². The fourth-order valence-electron chi connectivity index (χ4n) is 2.17. The van der Waals surface area contributed by atoms with Gasteiger partial charge in [-0.3, -0.25) is 9.59 Å². The minimum atomic E-state index is -0.983. The van der Waals surface area contributed by atoms with Crippen molar-refractivity contribution in [3.63, 3.8) is 0 Å². The van der Waals surface area contributed by atoms with Crippen LogP contribution in [0.3, 0.4) is 0 Å². The highest BCUT2D eigenvalue weighted by Gasteiger charge is 2.33. The van der Waals surface area contributed by atoms with E-state index in [1.807, 2.05) is 13.8 Å². The van der Waals surface area contributed by atoms with Gasteiger partial charge in [-0.25, -0.2) is 9.37 Å². The van der Waals surface area contributed by atoms with Crippen LogP contribution in [0.4, 0.5) is 4.39 Å². The van der Waals surface area contributed by atoms with E-state index in [1.54, 1.807) is 25.1 Å². The Morgan fingerprint density at radius 3 is 2.62 bits per heavy atom. The SMILES string of the molecule is CC(C)C(C)(CC(=O)O)NC(=O)c1cnc(-c2ccccc2F)s1. The smallest absolute Gasteiger partial charge is 0.305 e. The Morgan fingerprint density at radius 2 is 2.04 bits per heavy atom. The van der Waals surface area contributed by atoms with E-state index in [4.69, 9.17) is 5.11 Å². The predicted octanol–water partition coefficient (Wildman–Crippen LogP) is 3.57. The first-order chi connectivity index (χ1) is 11.2. The van der Waals surface area contributed by atoms with Crippen LogP contribution in [0, 0.1) is 11.7 Å². The number of benzene rings is 1. The number of carboxylic acid groups (broad SMARTS) is 1. The van der Waals surface area contributed by atoms with Gasteiger partial charge in [0.1, 0.15) is 15.7 Å². The first kappa shape index (κ1) is 18.1. The van der Waals surface area contributed by atoms with Crippen LogP contribution < -0.4 is 5.32 Å². The zero-order valence-electron chi connectivity index (χ0n) is 13.7. The average Bonchev–Trinajstić information content (AvgIpc) is 2.96. The highest BCUT2D eigenvalue weighted by Crippen LogP contribution is 2.28. The summed E-state index contributed by atoms with van der Waals surface area (Å²) in [5.41, 5.74) is -0.552. The molecule has 2 aromatic rings. The predicted molar refractivity (Wildman–Crippen MR) is 90.5 cm³/mol. The molecule has 1 unspecified atom stereocenters. The van der Waals surface area contributed by atoms with Crippen molar-refractivity contribution < 1.29 is 19.1 Å². The van der Waals surface area contributed by atoms with Gasteiger partial charge in [0.25, 0.3) is 5.91 Å². The monoisotopic (exact) mass is 350 g/mol. The highest BCUT2D eigenvalue weighted by atomic mass is 32.1. The maximum absolute atomic E-state index is 13.8. The van der Waals surface area contributed by atoms with Crippen molar-refractivity contribution in [2.75, 3.05) is 0 Å². The topological polar surface area (TPSA) is 79.3 Å². The molecule has 0 radical (unpaired) electrons. The number of nitrogens with one attached hydrogen (secondary N) is 1. The molecule has 128 valence electrons. The largest absolute Gasteiger partial charge is 0.481 e. The third-order valence-corrected chi connectivity index (χ3v) is 5.05. The molecule has 1 amide bonds. The highest BCUT2D eigenvalue weighted by molar-refractivity contribution is 7.16. The molecule has 2 rings (SSSR count). The lowest BCUT2D eigenvalue weighted by Gasteiger charge is -2.33. The van der Waals surface area contributed by atoms with Gasteiger partial charge in [0, 0.05) is 5.56 Å². The van der Waals surface area contributed by atoms with Crippen LogP contribution >= 0.6 is 11.3 Å². The number of carboxylic acids is 1. The summed E-state index contributed by atoms with van der Waals surface area (Å²) in [5.74, 6) is -1.87. The van der Waals surface area contributed by atoms with E-state index in [0.29, 0.717) is 15.4 Å². The molecule has 0 saturated carbocycles. The average molecular weight is 350 g/mol. The number of aromatic nitrogens is 1. The van der Waals surface area contributed by atoms with Crippen LogP contribution in [0.15, 0.2) is 30.5 Å². The molecule has 7 heteroatoms. The van der Waals surface area contributed by atoms with Crippen LogP contribution in [0.1, 0.15) is 36.9 Å². The second kappa shape index (κ2) is 7.09. The summed E-state index contributed by atoms with van der Waals surface area (Å²) < 4.78 is 13.8. The van der Waals surface area contributed by atoms with Crippen LogP contribution in [-0.2, 0) is 4.79 Å². The zero-order chi connectivity index (χ0) is 17.9. The maximum atomic E-state index is 13.8. The first-order valence-electron chi connectivity index (χ1n) is 7.48. The summed E-state index contributed by atoms with van der Waals surface area (Å²) in [4.78, 5) is 27.9. The molecule has 5 nitrogen and oxygen atoms in total. The van der Waals surface area contributed by atoms with Crippen molar-refractivity contribution in [2.45, 2.75) is 32.7 Å². The van der Waals surface area contributed by atoms with Gasteiger partial charge in [-0.2, -0.15) is 0 Å². The Hall–Kier alpha value is -2.28. The van der Waals surface area contributed by atoms with Crippen molar-refractivity contribution in [1.29, 1.82) is 0 Å². The molecule has 0 spiro atoms. The quantitative estimate of drug-likeness (QED) is 0.835. The van der Waals surface area contributed by atoms with Gasteiger partial charge in [-0.1, -0.05) is 26.0 Å². The number of amides is 1. The van der Waals surface area contributed by atoms with Crippen LogP contribution in [0.5, 0.6) is 0 Å². The number of halogens is 1. The van der Waals surface area contributed by atoms with Crippen molar-refractivity contribution >= 4 is 23.2 Å². The number of carbonyl (C=O) groups is 2. The Bertz CT molecular complexity index is 760. The number of thiazole rings is 1. The lowest BCUT2D eigenvalue weighted by molar-refractivity contribution is -0.138. The molecule has 24 heavy (non-hydrogen) atoms. The van der Waals surface area contributed by atoms with E-state index in [1.165, 1.54) is 12.3 Å². The molecule has 0 aliphatic carbocycles. The zero-order valence-corrected chi connectivity index (χ0v) is 14.5. The summed E-state index contributed by atoms with van der Waals surface area (Å²) in [6.45, 7) is 5.39. The Labute approximate surface area is 143 Å². The summed E-state index contributed by atoms with van der Waals surface area (Å²) in [7, 11) is 0. The van der Waals surface area contributed by atoms with Crippen LogP contribution in [0.2, 0.25) is 0 Å². The summed E-state index contributed by atoms with van der Waals surface area (Å²) in [5, 5.41) is 12.2. The molecule has 1 aromatic heterocycles. The van der Waals surface area contributed by atoms with Crippen molar-refractivity contribution in [3.8, 4) is 10.6 Å². The van der Waals surface area contributed by atoms with E-state index in [9.17, 15) is 14.0 Å². The molecular weight excluding hydrogens is 331 g/mol.